The monoisotopic (exact) mass is 310 g/mol. The topological polar surface area (TPSA) is 55.1 Å². The number of amides is 1. The maximum absolute atomic E-state index is 12.3. The molecule has 0 saturated heterocycles. The number of rotatable bonds is 3. The molecular weight excluding hydrogens is 292 g/mol. The molecule has 3 N–H and O–H groups in total. The zero-order valence-corrected chi connectivity index (χ0v) is 12.8. The van der Waals surface area contributed by atoms with E-state index in [1.165, 1.54) is 6.42 Å². The van der Waals surface area contributed by atoms with Crippen molar-refractivity contribution in [1.29, 1.82) is 0 Å². The number of halogens is 1. The summed E-state index contributed by atoms with van der Waals surface area (Å²) in [5, 5.41) is 4.29. The smallest absolute Gasteiger partial charge is 0.261 e. The van der Waals surface area contributed by atoms with Gasteiger partial charge in [0.1, 0.15) is 0 Å². The largest absolute Gasteiger partial charge is 0.348 e. The molecule has 1 amide bonds. The van der Waals surface area contributed by atoms with Crippen LogP contribution in [0, 0.1) is 5.92 Å². The minimum absolute atomic E-state index is 0. The Labute approximate surface area is 129 Å². The number of hydrogen-bond acceptors (Lipinski definition) is 3. The first-order valence-corrected chi connectivity index (χ1v) is 7.59. The first-order valence-electron chi connectivity index (χ1n) is 6.77. The molecule has 0 spiro atoms. The lowest BCUT2D eigenvalue weighted by atomic mass is 10.0. The summed E-state index contributed by atoms with van der Waals surface area (Å²) in [6.07, 6.45) is 3.35. The van der Waals surface area contributed by atoms with Crippen LogP contribution in [0.3, 0.4) is 0 Å². The number of thiophene rings is 1. The van der Waals surface area contributed by atoms with Crippen molar-refractivity contribution in [2.24, 2.45) is 11.7 Å². The van der Waals surface area contributed by atoms with E-state index < -0.39 is 0 Å². The Morgan fingerprint density at radius 3 is 2.90 bits per heavy atom. The van der Waals surface area contributed by atoms with E-state index in [1.54, 1.807) is 11.3 Å². The molecule has 2 unspecified atom stereocenters. The highest BCUT2D eigenvalue weighted by atomic mass is 35.5. The van der Waals surface area contributed by atoms with Gasteiger partial charge in [-0.25, -0.2) is 0 Å². The Kier molecular flexibility index (Phi) is 5.02. The van der Waals surface area contributed by atoms with E-state index in [0.717, 1.165) is 27.8 Å². The van der Waals surface area contributed by atoms with Gasteiger partial charge in [-0.2, -0.15) is 0 Å². The van der Waals surface area contributed by atoms with Crippen LogP contribution in [0.2, 0.25) is 0 Å². The molecule has 1 heterocycles. The van der Waals surface area contributed by atoms with Gasteiger partial charge in [-0.05, 0) is 42.8 Å². The molecule has 5 heteroatoms. The third kappa shape index (κ3) is 2.97. The van der Waals surface area contributed by atoms with Crippen molar-refractivity contribution < 1.29 is 4.79 Å². The van der Waals surface area contributed by atoms with Crippen LogP contribution >= 0.6 is 23.7 Å². The van der Waals surface area contributed by atoms with Crippen molar-refractivity contribution in [3.8, 4) is 0 Å². The lowest BCUT2D eigenvalue weighted by Gasteiger charge is -2.18. The summed E-state index contributed by atoms with van der Waals surface area (Å²) in [4.78, 5) is 13.1. The Morgan fingerprint density at radius 1 is 1.35 bits per heavy atom. The van der Waals surface area contributed by atoms with Crippen LogP contribution in [0.25, 0.3) is 10.1 Å². The lowest BCUT2D eigenvalue weighted by molar-refractivity contribution is 0.0933. The van der Waals surface area contributed by atoms with Crippen molar-refractivity contribution in [2.45, 2.75) is 25.3 Å². The highest BCUT2D eigenvalue weighted by molar-refractivity contribution is 7.20. The molecule has 3 rings (SSSR count). The standard InChI is InChI=1S/C15H18N2OS.ClH/c16-9-11-5-3-6-12(11)17-15(18)14-8-10-4-1-2-7-13(10)19-14;/h1-2,4,7-8,11-12H,3,5-6,9,16H2,(H,17,18);1H. The Bertz CT molecular complexity index is 565. The number of nitrogens with one attached hydrogen (secondary N) is 1. The molecule has 1 aliphatic rings. The van der Waals surface area contributed by atoms with Crippen LogP contribution in [0.4, 0.5) is 0 Å². The fraction of sp³-hybridized carbons (Fsp3) is 0.400. The number of benzene rings is 1. The molecule has 2 aromatic rings. The predicted octanol–water partition coefficient (Wildman–Crippen LogP) is 3.18. The zero-order chi connectivity index (χ0) is 13.2. The summed E-state index contributed by atoms with van der Waals surface area (Å²) < 4.78 is 1.16. The minimum Gasteiger partial charge on any atom is -0.348 e. The van der Waals surface area contributed by atoms with Gasteiger partial charge in [-0.3, -0.25) is 4.79 Å². The molecule has 1 aromatic carbocycles. The fourth-order valence-electron chi connectivity index (χ4n) is 2.84. The van der Waals surface area contributed by atoms with E-state index in [-0.39, 0.29) is 24.4 Å². The average Bonchev–Trinajstić information content (AvgIpc) is 3.03. The van der Waals surface area contributed by atoms with Crippen LogP contribution in [0.5, 0.6) is 0 Å². The van der Waals surface area contributed by atoms with Crippen LogP contribution in [0.15, 0.2) is 30.3 Å². The van der Waals surface area contributed by atoms with Crippen molar-refractivity contribution in [3.05, 3.63) is 35.2 Å². The van der Waals surface area contributed by atoms with Crippen molar-refractivity contribution in [2.75, 3.05) is 6.54 Å². The van der Waals surface area contributed by atoms with Gasteiger partial charge in [0.2, 0.25) is 0 Å². The highest BCUT2D eigenvalue weighted by Crippen LogP contribution is 2.27. The Morgan fingerprint density at radius 2 is 2.15 bits per heavy atom. The lowest BCUT2D eigenvalue weighted by Crippen LogP contribution is -2.39. The summed E-state index contributed by atoms with van der Waals surface area (Å²) in [5.41, 5.74) is 5.75. The zero-order valence-electron chi connectivity index (χ0n) is 11.2. The van der Waals surface area contributed by atoms with Gasteiger partial charge in [-0.15, -0.1) is 23.7 Å². The number of carbonyl (C=O) groups excluding carboxylic acids is 1. The van der Waals surface area contributed by atoms with E-state index >= 15 is 0 Å². The van der Waals surface area contributed by atoms with Crippen molar-refractivity contribution >= 4 is 39.7 Å². The van der Waals surface area contributed by atoms with E-state index in [2.05, 4.69) is 11.4 Å². The minimum atomic E-state index is 0. The second-order valence-corrected chi connectivity index (χ2v) is 6.24. The van der Waals surface area contributed by atoms with Crippen LogP contribution < -0.4 is 11.1 Å². The summed E-state index contributed by atoms with van der Waals surface area (Å²) in [5.74, 6) is 0.491. The molecule has 20 heavy (non-hydrogen) atoms. The molecule has 1 fully saturated rings. The fourth-order valence-corrected chi connectivity index (χ4v) is 3.81. The molecule has 108 valence electrons. The van der Waals surface area contributed by atoms with Crippen LogP contribution in [0.1, 0.15) is 28.9 Å². The maximum Gasteiger partial charge on any atom is 0.261 e. The van der Waals surface area contributed by atoms with E-state index in [9.17, 15) is 4.79 Å². The second kappa shape index (κ2) is 6.57. The number of hydrogen-bond donors (Lipinski definition) is 2. The van der Waals surface area contributed by atoms with Gasteiger partial charge in [0.25, 0.3) is 5.91 Å². The molecule has 3 nitrogen and oxygen atoms in total. The van der Waals surface area contributed by atoms with Crippen LogP contribution in [-0.4, -0.2) is 18.5 Å². The molecule has 1 aliphatic carbocycles. The van der Waals surface area contributed by atoms with Gasteiger partial charge in [-0.1, -0.05) is 24.6 Å². The van der Waals surface area contributed by atoms with Gasteiger partial charge in [0.05, 0.1) is 4.88 Å². The van der Waals surface area contributed by atoms with Crippen molar-refractivity contribution in [1.82, 2.24) is 5.32 Å². The third-order valence-electron chi connectivity index (χ3n) is 3.93. The third-order valence-corrected chi connectivity index (χ3v) is 5.04. The van der Waals surface area contributed by atoms with E-state index in [4.69, 9.17) is 5.73 Å². The van der Waals surface area contributed by atoms with Crippen LogP contribution in [-0.2, 0) is 0 Å². The first kappa shape index (κ1) is 15.3. The molecule has 0 aliphatic heterocycles. The average molecular weight is 311 g/mol. The molecule has 1 saturated carbocycles. The summed E-state index contributed by atoms with van der Waals surface area (Å²) in [6.45, 7) is 0.664. The number of carbonyl (C=O) groups is 1. The molecule has 0 radical (unpaired) electrons. The maximum atomic E-state index is 12.3. The van der Waals surface area contributed by atoms with Gasteiger partial charge in [0, 0.05) is 10.7 Å². The summed E-state index contributed by atoms with van der Waals surface area (Å²) in [7, 11) is 0. The highest BCUT2D eigenvalue weighted by Gasteiger charge is 2.27. The van der Waals surface area contributed by atoms with Gasteiger partial charge < -0.3 is 11.1 Å². The normalized spacial score (nSPS) is 21.6. The number of nitrogens with two attached hydrogens (primary N) is 1. The molecule has 0 bridgehead atoms. The van der Waals surface area contributed by atoms with Gasteiger partial charge in [0.15, 0.2) is 0 Å². The SMILES string of the molecule is Cl.NCC1CCCC1NC(=O)c1cc2ccccc2s1. The summed E-state index contributed by atoms with van der Waals surface area (Å²) in [6, 6.07) is 10.3. The predicted molar refractivity (Wildman–Crippen MR) is 86.7 cm³/mol. The Hall–Kier alpha value is -1.10. The summed E-state index contributed by atoms with van der Waals surface area (Å²) >= 11 is 1.55. The Balaban J connectivity index is 0.00000147. The van der Waals surface area contributed by atoms with E-state index in [1.807, 2.05) is 24.3 Å². The first-order chi connectivity index (χ1) is 9.28. The van der Waals surface area contributed by atoms with Crippen molar-refractivity contribution in [3.63, 3.8) is 0 Å². The second-order valence-electron chi connectivity index (χ2n) is 5.16. The van der Waals surface area contributed by atoms with Gasteiger partial charge >= 0.3 is 0 Å². The molecule has 1 aromatic heterocycles. The number of fused-ring (bicyclic) bond motifs is 1. The van der Waals surface area contributed by atoms with E-state index in [0.29, 0.717) is 12.5 Å². The quantitative estimate of drug-likeness (QED) is 0.915. The molecular formula is C15H19ClN2OS. The molecule has 2 atom stereocenters.